The molecule has 0 unspecified atom stereocenters. The van der Waals surface area contributed by atoms with E-state index in [1.54, 1.807) is 0 Å². The molecule has 3 heteroatoms. The van der Waals surface area contributed by atoms with E-state index in [0.29, 0.717) is 0 Å². The Kier molecular flexibility index (Phi) is 3.25. The molecule has 0 atom stereocenters. The van der Waals surface area contributed by atoms with Gasteiger partial charge < -0.3 is 10.7 Å². The van der Waals surface area contributed by atoms with Crippen LogP contribution >= 0.6 is 0 Å². The number of nitrogens with two attached hydrogens (primary N) is 1. The first-order chi connectivity index (χ1) is 5.70. The first-order valence-corrected chi connectivity index (χ1v) is 4.01. The average Bonchev–Trinajstić information content (AvgIpc) is 2.48. The van der Waals surface area contributed by atoms with Crippen LogP contribution in [0.25, 0.3) is 0 Å². The van der Waals surface area contributed by atoms with Crippen molar-refractivity contribution in [2.45, 2.75) is 20.4 Å². The Balaban J connectivity index is 0.000000845. The van der Waals surface area contributed by atoms with E-state index < -0.39 is 0 Å². The predicted octanol–water partition coefficient (Wildman–Crippen LogP) is 1.69. The van der Waals surface area contributed by atoms with Crippen LogP contribution in [-0.2, 0) is 39.3 Å². The number of anilines is 1. The van der Waals surface area contributed by atoms with E-state index in [2.05, 4.69) is 17.3 Å². The van der Waals surface area contributed by atoms with Gasteiger partial charge in [-0.25, -0.2) is 0 Å². The van der Waals surface area contributed by atoms with Crippen LogP contribution in [0.2, 0.25) is 0 Å². The van der Waals surface area contributed by atoms with Gasteiger partial charge in [-0.1, -0.05) is 18.7 Å². The summed E-state index contributed by atoms with van der Waals surface area (Å²) in [6, 6.07) is 2.10. The molecule has 0 bridgehead atoms. The Labute approximate surface area is 104 Å². The molecule has 0 saturated heterocycles. The zero-order valence-corrected chi connectivity index (χ0v) is 10.7. The quantitative estimate of drug-likeness (QED) is 0.550. The predicted molar refractivity (Wildman–Crippen MR) is 50.6 cm³/mol. The van der Waals surface area contributed by atoms with Crippen LogP contribution < -0.4 is 5.73 Å². The van der Waals surface area contributed by atoms with Gasteiger partial charge >= 0.3 is 0 Å². The van der Waals surface area contributed by atoms with Crippen LogP contribution in [-0.4, -0.2) is 6.21 Å². The van der Waals surface area contributed by atoms with Gasteiger partial charge in [-0.05, 0) is 12.6 Å². The normalized spacial score (nSPS) is 12.5. The fourth-order valence-electron chi connectivity index (χ4n) is 1.57. The van der Waals surface area contributed by atoms with Gasteiger partial charge in [-0.2, -0.15) is 5.56 Å². The molecule has 1 aromatic carbocycles. The van der Waals surface area contributed by atoms with Crippen LogP contribution in [0.15, 0.2) is 11.1 Å². The van der Waals surface area contributed by atoms with Crippen molar-refractivity contribution in [2.24, 2.45) is 4.99 Å². The van der Waals surface area contributed by atoms with E-state index in [1.165, 1.54) is 5.56 Å². The Morgan fingerprint density at radius 3 is 2.85 bits per heavy atom. The largest absolute Gasteiger partial charge is 0.408 e. The molecule has 1 heterocycles. The standard InChI is InChI=1S/C10H11N2.Y/c1-6-3-8-4-12-5-9(8)7(2)10(6)11;/h3H,4,11H2,1-2H3;/q-1;. The Hall–Kier alpha value is -0.206. The van der Waals surface area contributed by atoms with E-state index >= 15 is 0 Å². The topological polar surface area (TPSA) is 38.4 Å². The van der Waals surface area contributed by atoms with Gasteiger partial charge in [0.25, 0.3) is 0 Å². The number of fused-ring (bicyclic) bond motifs is 1. The molecule has 1 aliphatic heterocycles. The van der Waals surface area contributed by atoms with Gasteiger partial charge in [0.15, 0.2) is 0 Å². The molecule has 1 radical (unpaired) electrons. The van der Waals surface area contributed by atoms with Crippen molar-refractivity contribution < 1.29 is 32.7 Å². The van der Waals surface area contributed by atoms with Gasteiger partial charge in [-0.15, -0.1) is 17.2 Å². The SMILES string of the molecule is Cc1cc2c(c(C)c1N)[C-]=NC2.[Y]. The molecule has 0 saturated carbocycles. The molecule has 1 aromatic rings. The minimum absolute atomic E-state index is 0. The Bertz CT molecular complexity index is 370. The Morgan fingerprint density at radius 2 is 2.15 bits per heavy atom. The smallest absolute Gasteiger partial charge is 0.00538 e. The summed E-state index contributed by atoms with van der Waals surface area (Å²) in [5, 5.41) is 0. The summed E-state index contributed by atoms with van der Waals surface area (Å²) in [4.78, 5) is 4.09. The van der Waals surface area contributed by atoms with Crippen LogP contribution in [0.5, 0.6) is 0 Å². The third-order valence-corrected chi connectivity index (χ3v) is 2.36. The van der Waals surface area contributed by atoms with Crippen molar-refractivity contribution in [1.29, 1.82) is 0 Å². The van der Waals surface area contributed by atoms with Crippen molar-refractivity contribution in [2.75, 3.05) is 5.73 Å². The fourth-order valence-corrected chi connectivity index (χ4v) is 1.57. The summed E-state index contributed by atoms with van der Waals surface area (Å²) >= 11 is 0. The molecule has 2 N–H and O–H groups in total. The van der Waals surface area contributed by atoms with E-state index in [-0.39, 0.29) is 32.7 Å². The first kappa shape index (κ1) is 10.9. The van der Waals surface area contributed by atoms with Crippen molar-refractivity contribution >= 4 is 11.9 Å². The van der Waals surface area contributed by atoms with Crippen molar-refractivity contribution in [3.05, 3.63) is 28.3 Å². The number of nitrogens with zero attached hydrogens (tertiary/aromatic N) is 1. The van der Waals surface area contributed by atoms with E-state index in [4.69, 9.17) is 5.73 Å². The minimum atomic E-state index is 0. The van der Waals surface area contributed by atoms with Crippen LogP contribution in [0, 0.1) is 13.8 Å². The number of aryl methyl sites for hydroxylation is 1. The van der Waals surface area contributed by atoms with Crippen LogP contribution in [0.3, 0.4) is 0 Å². The third-order valence-electron chi connectivity index (χ3n) is 2.36. The average molecular weight is 248 g/mol. The van der Waals surface area contributed by atoms with E-state index in [1.807, 2.05) is 13.8 Å². The second-order valence-electron chi connectivity index (χ2n) is 3.19. The molecular formula is C10H11N2Y-. The van der Waals surface area contributed by atoms with Gasteiger partial charge in [0.2, 0.25) is 0 Å². The monoisotopic (exact) mass is 248 g/mol. The van der Waals surface area contributed by atoms with Gasteiger partial charge in [0.05, 0.1) is 0 Å². The third kappa shape index (κ3) is 1.70. The molecule has 0 spiro atoms. The summed E-state index contributed by atoms with van der Waals surface area (Å²) in [5.74, 6) is 0. The molecule has 2 nitrogen and oxygen atoms in total. The van der Waals surface area contributed by atoms with Crippen molar-refractivity contribution in [3.8, 4) is 0 Å². The van der Waals surface area contributed by atoms with Crippen molar-refractivity contribution in [1.82, 2.24) is 0 Å². The molecule has 2 rings (SSSR count). The van der Waals surface area contributed by atoms with E-state index in [0.717, 1.165) is 28.9 Å². The first-order valence-electron chi connectivity index (χ1n) is 4.01. The molecule has 65 valence electrons. The second kappa shape index (κ2) is 3.89. The zero-order valence-electron chi connectivity index (χ0n) is 7.89. The number of aliphatic imine (C=N–C) groups is 1. The maximum Gasteiger partial charge on any atom is 0.00538 e. The van der Waals surface area contributed by atoms with Gasteiger partial charge in [-0.3, -0.25) is 0 Å². The second-order valence-corrected chi connectivity index (χ2v) is 3.19. The molecular weight excluding hydrogens is 237 g/mol. The maximum absolute atomic E-state index is 5.87. The number of hydrogen-bond acceptors (Lipinski definition) is 2. The molecule has 0 amide bonds. The summed E-state index contributed by atoms with van der Waals surface area (Å²) in [6.07, 6.45) is 2.98. The number of rotatable bonds is 0. The summed E-state index contributed by atoms with van der Waals surface area (Å²) in [7, 11) is 0. The number of nitrogen functional groups attached to an aromatic ring is 1. The van der Waals surface area contributed by atoms with Crippen LogP contribution in [0.4, 0.5) is 5.69 Å². The van der Waals surface area contributed by atoms with Crippen molar-refractivity contribution in [3.63, 3.8) is 0 Å². The zero-order chi connectivity index (χ0) is 8.72. The molecule has 0 aliphatic carbocycles. The number of benzene rings is 1. The fraction of sp³-hybridized carbons (Fsp3) is 0.300. The molecule has 13 heavy (non-hydrogen) atoms. The molecule has 0 fully saturated rings. The maximum atomic E-state index is 5.87. The van der Waals surface area contributed by atoms with Crippen LogP contribution in [0.1, 0.15) is 22.3 Å². The summed E-state index contributed by atoms with van der Waals surface area (Å²) in [5.41, 5.74) is 11.4. The molecule has 0 aromatic heterocycles. The Morgan fingerprint density at radius 1 is 1.46 bits per heavy atom. The van der Waals surface area contributed by atoms with E-state index in [9.17, 15) is 0 Å². The summed E-state index contributed by atoms with van der Waals surface area (Å²) in [6.45, 7) is 4.81. The van der Waals surface area contributed by atoms with Gasteiger partial charge in [0.1, 0.15) is 0 Å². The minimum Gasteiger partial charge on any atom is -0.408 e. The van der Waals surface area contributed by atoms with Gasteiger partial charge in [0, 0.05) is 39.3 Å². The summed E-state index contributed by atoms with van der Waals surface area (Å²) < 4.78 is 0. The molecule has 1 aliphatic rings. The number of hydrogen-bond donors (Lipinski definition) is 1.